The third-order valence-electron chi connectivity index (χ3n) is 1.37. The Hall–Kier alpha value is -0.910. The summed E-state index contributed by atoms with van der Waals surface area (Å²) in [4.78, 5) is 10.3. The van der Waals surface area contributed by atoms with Gasteiger partial charge in [-0.3, -0.25) is 0 Å². The van der Waals surface area contributed by atoms with Crippen LogP contribution in [0.4, 0.5) is 0 Å². The van der Waals surface area contributed by atoms with Crippen LogP contribution in [0.3, 0.4) is 0 Å². The van der Waals surface area contributed by atoms with E-state index in [0.29, 0.717) is 12.8 Å². The largest absolute Gasteiger partial charge is 0.479 e. The number of nitrogens with zero attached hydrogens (tertiary/aromatic N) is 1. The first-order valence-corrected chi connectivity index (χ1v) is 3.66. The molecule has 0 radical (unpaired) electrons. The first-order chi connectivity index (χ1) is 4.57. The molecule has 0 aromatic carbocycles. The van der Waals surface area contributed by atoms with Crippen molar-refractivity contribution in [1.29, 1.82) is 0 Å². The number of aliphatic carboxylic acids is 1. The highest BCUT2D eigenvalue weighted by molar-refractivity contribution is 7.61. The molecule has 0 aliphatic heterocycles. The summed E-state index contributed by atoms with van der Waals surface area (Å²) in [5.41, 5.74) is -1.30. The Bertz CT molecular complexity index is 278. The van der Waals surface area contributed by atoms with Crippen LogP contribution in [0.5, 0.6) is 0 Å². The van der Waals surface area contributed by atoms with E-state index in [1.807, 2.05) is 0 Å². The summed E-state index contributed by atoms with van der Waals surface area (Å²) in [6.07, 6.45) is 0.659. The molecule has 0 spiro atoms. The first-order valence-electron chi connectivity index (χ1n) is 2.62. The van der Waals surface area contributed by atoms with Gasteiger partial charge in [0.25, 0.3) is 0 Å². The number of hydrogen-bond acceptors (Lipinski definition) is 4. The Morgan fingerprint density at radius 1 is 1.50 bits per heavy atom. The fourth-order valence-electron chi connectivity index (χ4n) is 0.605. The van der Waals surface area contributed by atoms with E-state index in [9.17, 15) is 13.2 Å². The van der Waals surface area contributed by atoms with Gasteiger partial charge in [0, 0.05) is 0 Å². The lowest BCUT2D eigenvalue weighted by Crippen LogP contribution is -2.18. The predicted octanol–water partition coefficient (Wildman–Crippen LogP) is -0.334. The molecule has 6 heteroatoms. The Balaban J connectivity index is 2.91. The summed E-state index contributed by atoms with van der Waals surface area (Å²) >= 11 is 0. The molecule has 0 aromatic rings. The highest BCUT2D eigenvalue weighted by Crippen LogP contribution is 2.39. The lowest BCUT2D eigenvalue weighted by atomic mass is 10.3. The van der Waals surface area contributed by atoms with Gasteiger partial charge in [0.2, 0.25) is 0 Å². The average Bonchev–Trinajstić information content (AvgIpc) is 2.46. The fraction of sp³-hybridized carbons (Fsp3) is 0.750. The summed E-state index contributed by atoms with van der Waals surface area (Å²) in [5, 5.41) is 8.39. The van der Waals surface area contributed by atoms with Crippen molar-refractivity contribution < 1.29 is 18.3 Å². The summed E-state index contributed by atoms with van der Waals surface area (Å²) in [6, 6.07) is 0. The smallest absolute Gasteiger partial charge is 0.332 e. The van der Waals surface area contributed by atoms with Crippen LogP contribution in [-0.4, -0.2) is 25.0 Å². The molecule has 56 valence electrons. The van der Waals surface area contributed by atoms with Crippen molar-refractivity contribution in [3.63, 3.8) is 0 Å². The van der Waals surface area contributed by atoms with Crippen molar-refractivity contribution in [2.75, 3.05) is 0 Å². The van der Waals surface area contributed by atoms with Gasteiger partial charge in [0.15, 0.2) is 5.54 Å². The Morgan fingerprint density at radius 2 is 2.00 bits per heavy atom. The monoisotopic (exact) mass is 163 g/mol. The fourth-order valence-corrected chi connectivity index (χ4v) is 1.15. The zero-order chi connectivity index (χ0) is 7.78. The lowest BCUT2D eigenvalue weighted by molar-refractivity contribution is -0.139. The van der Waals surface area contributed by atoms with Gasteiger partial charge in [-0.05, 0) is 12.8 Å². The molecule has 0 heterocycles. The molecule has 0 amide bonds. The number of carbonyl (C=O) groups is 1. The van der Waals surface area contributed by atoms with Crippen LogP contribution in [0, 0.1) is 0 Å². The Kier molecular flexibility index (Phi) is 1.47. The third kappa shape index (κ3) is 1.15. The minimum absolute atomic E-state index is 0.330. The SMILES string of the molecule is O=C(O)C1(N=S(=O)=O)CC1. The minimum Gasteiger partial charge on any atom is -0.479 e. The van der Waals surface area contributed by atoms with Gasteiger partial charge in [-0.25, -0.2) is 4.79 Å². The molecule has 1 aliphatic rings. The van der Waals surface area contributed by atoms with E-state index in [1.165, 1.54) is 0 Å². The highest BCUT2D eigenvalue weighted by atomic mass is 32.2. The van der Waals surface area contributed by atoms with Gasteiger partial charge < -0.3 is 5.11 Å². The molecule has 0 aromatic heterocycles. The maximum atomic E-state index is 10.3. The standard InChI is InChI=1S/C4H5NO4S/c6-3(7)4(1-2-4)5-10(8)9/h1-2H2,(H,6,7). The molecular weight excluding hydrogens is 158 g/mol. The van der Waals surface area contributed by atoms with Crippen molar-refractivity contribution in [1.82, 2.24) is 0 Å². The second kappa shape index (κ2) is 2.05. The molecule has 1 saturated carbocycles. The van der Waals surface area contributed by atoms with Crippen molar-refractivity contribution in [3.05, 3.63) is 0 Å². The zero-order valence-electron chi connectivity index (χ0n) is 4.94. The molecule has 1 fully saturated rings. The van der Waals surface area contributed by atoms with Crippen molar-refractivity contribution in [3.8, 4) is 0 Å². The van der Waals surface area contributed by atoms with E-state index >= 15 is 0 Å². The summed E-state index contributed by atoms with van der Waals surface area (Å²) in [6.45, 7) is 0. The normalized spacial score (nSPS) is 19.6. The Labute approximate surface area is 58.4 Å². The summed E-state index contributed by atoms with van der Waals surface area (Å²) in [7, 11) is -2.60. The van der Waals surface area contributed by atoms with Gasteiger partial charge >= 0.3 is 16.5 Å². The van der Waals surface area contributed by atoms with Gasteiger partial charge in [0.1, 0.15) is 0 Å². The van der Waals surface area contributed by atoms with E-state index in [2.05, 4.69) is 4.36 Å². The number of hydrogen-bond donors (Lipinski definition) is 1. The summed E-state index contributed by atoms with van der Waals surface area (Å²) in [5.74, 6) is -1.16. The van der Waals surface area contributed by atoms with Crippen molar-refractivity contribution >= 4 is 16.5 Å². The third-order valence-corrected chi connectivity index (χ3v) is 1.87. The van der Waals surface area contributed by atoms with E-state index in [-0.39, 0.29) is 0 Å². The molecule has 1 aliphatic carbocycles. The lowest BCUT2D eigenvalue weighted by Gasteiger charge is -1.94. The predicted molar refractivity (Wildman–Crippen MR) is 30.9 cm³/mol. The quantitative estimate of drug-likeness (QED) is 0.603. The number of rotatable bonds is 2. The molecule has 1 rings (SSSR count). The van der Waals surface area contributed by atoms with Crippen LogP contribution in [0.1, 0.15) is 12.8 Å². The average molecular weight is 163 g/mol. The van der Waals surface area contributed by atoms with Gasteiger partial charge in [-0.1, -0.05) is 0 Å². The number of carboxylic acid groups (broad SMARTS) is 1. The minimum atomic E-state index is -2.60. The molecule has 0 unspecified atom stereocenters. The van der Waals surface area contributed by atoms with E-state index in [1.54, 1.807) is 0 Å². The molecule has 0 bridgehead atoms. The van der Waals surface area contributed by atoms with E-state index in [0.717, 1.165) is 0 Å². The van der Waals surface area contributed by atoms with E-state index in [4.69, 9.17) is 5.11 Å². The van der Waals surface area contributed by atoms with Gasteiger partial charge in [-0.15, -0.1) is 0 Å². The molecule has 1 N–H and O–H groups in total. The first kappa shape index (κ1) is 7.20. The second-order valence-corrected chi connectivity index (χ2v) is 2.76. The zero-order valence-corrected chi connectivity index (χ0v) is 5.76. The Morgan fingerprint density at radius 3 is 2.10 bits per heavy atom. The summed E-state index contributed by atoms with van der Waals surface area (Å²) < 4.78 is 22.9. The second-order valence-electron chi connectivity index (χ2n) is 2.15. The van der Waals surface area contributed by atoms with E-state index < -0.39 is 22.0 Å². The van der Waals surface area contributed by atoms with Crippen LogP contribution in [-0.2, 0) is 15.3 Å². The van der Waals surface area contributed by atoms with Gasteiger partial charge in [-0.2, -0.15) is 12.8 Å². The van der Waals surface area contributed by atoms with Gasteiger partial charge in [0.05, 0.1) is 0 Å². The van der Waals surface area contributed by atoms with Crippen LogP contribution < -0.4 is 0 Å². The molecular formula is C4H5NO4S. The molecule has 10 heavy (non-hydrogen) atoms. The van der Waals surface area contributed by atoms with Crippen molar-refractivity contribution in [2.45, 2.75) is 18.4 Å². The van der Waals surface area contributed by atoms with Crippen LogP contribution in [0.25, 0.3) is 0 Å². The number of carboxylic acids is 1. The topological polar surface area (TPSA) is 83.8 Å². The molecule has 5 nitrogen and oxygen atoms in total. The molecule has 0 atom stereocenters. The van der Waals surface area contributed by atoms with Crippen LogP contribution in [0.2, 0.25) is 0 Å². The van der Waals surface area contributed by atoms with Crippen LogP contribution in [0.15, 0.2) is 4.36 Å². The van der Waals surface area contributed by atoms with Crippen molar-refractivity contribution in [2.24, 2.45) is 4.36 Å². The maximum absolute atomic E-state index is 10.3. The molecule has 0 saturated heterocycles. The van der Waals surface area contributed by atoms with Crippen LogP contribution >= 0.6 is 0 Å². The maximum Gasteiger partial charge on any atom is 0.332 e. The highest BCUT2D eigenvalue weighted by Gasteiger charge is 2.51.